The second kappa shape index (κ2) is 4.13. The molecule has 0 bridgehead atoms. The smallest absolute Gasteiger partial charge is 0.257 e. The number of rotatable bonds is 2. The highest BCUT2D eigenvalue weighted by atomic mass is 35.5. The Bertz CT molecular complexity index is 244. The van der Waals surface area contributed by atoms with Crippen LogP contribution in [0, 0.1) is 0 Å². The number of nitrogens with zero attached hydrogens (tertiary/aromatic N) is 3. The molecule has 6 nitrogen and oxygen atoms in total. The second-order valence-electron chi connectivity index (χ2n) is 2.55. The summed E-state index contributed by atoms with van der Waals surface area (Å²) in [5.74, 6) is 12.0. The van der Waals surface area contributed by atoms with E-state index in [1.165, 1.54) is 4.68 Å². The zero-order chi connectivity index (χ0) is 8.43. The lowest BCUT2D eigenvalue weighted by Crippen LogP contribution is -2.20. The molecule has 1 heterocycles. The molecular weight excluding hydrogens is 180 g/mol. The average molecular weight is 193 g/mol. The van der Waals surface area contributed by atoms with E-state index < -0.39 is 0 Å². The molecule has 0 aliphatic carbocycles. The summed E-state index contributed by atoms with van der Waals surface area (Å²) in [5.41, 5.74) is 2.33. The summed E-state index contributed by atoms with van der Waals surface area (Å²) in [6, 6.07) is 0. The summed E-state index contributed by atoms with van der Waals surface area (Å²) in [7, 11) is 0. The molecule has 1 rings (SSSR count). The molecule has 0 aromatic carbocycles. The van der Waals surface area contributed by atoms with E-state index in [0.29, 0.717) is 11.8 Å². The van der Waals surface area contributed by atoms with Crippen LogP contribution in [0.15, 0.2) is 0 Å². The molecular formula is C5H13ClN6. The van der Waals surface area contributed by atoms with Crippen LogP contribution in [-0.4, -0.2) is 14.9 Å². The highest BCUT2D eigenvalue weighted by Gasteiger charge is 2.10. The van der Waals surface area contributed by atoms with Gasteiger partial charge >= 0.3 is 0 Å². The highest BCUT2D eigenvalue weighted by molar-refractivity contribution is 5.85. The lowest BCUT2D eigenvalue weighted by molar-refractivity contribution is 0.732. The van der Waals surface area contributed by atoms with E-state index in [1.54, 1.807) is 0 Å². The van der Waals surface area contributed by atoms with Crippen LogP contribution >= 0.6 is 12.4 Å². The van der Waals surface area contributed by atoms with Crippen molar-refractivity contribution >= 4 is 18.4 Å². The second-order valence-corrected chi connectivity index (χ2v) is 2.55. The van der Waals surface area contributed by atoms with Crippen molar-refractivity contribution in [3.63, 3.8) is 0 Å². The maximum atomic E-state index is 5.56. The van der Waals surface area contributed by atoms with E-state index in [4.69, 9.17) is 11.7 Å². The van der Waals surface area contributed by atoms with Gasteiger partial charge in [0.1, 0.15) is 0 Å². The van der Waals surface area contributed by atoms with Crippen LogP contribution in [0.5, 0.6) is 0 Å². The molecule has 1 aromatic heterocycles. The Morgan fingerprint density at radius 1 is 1.42 bits per heavy atom. The quantitative estimate of drug-likeness (QED) is 0.447. The lowest BCUT2D eigenvalue weighted by Gasteiger charge is -2.03. The third-order valence-electron chi connectivity index (χ3n) is 1.37. The molecule has 0 fully saturated rings. The van der Waals surface area contributed by atoms with Crippen molar-refractivity contribution in [2.24, 2.45) is 5.84 Å². The minimum atomic E-state index is 0. The van der Waals surface area contributed by atoms with Crippen molar-refractivity contribution < 1.29 is 0 Å². The number of nitrogens with two attached hydrogens (primary N) is 2. The first-order chi connectivity index (χ1) is 5.16. The Morgan fingerprint density at radius 3 is 2.25 bits per heavy atom. The molecule has 70 valence electrons. The number of hydrogen-bond donors (Lipinski definition) is 3. The van der Waals surface area contributed by atoms with Crippen LogP contribution in [0.2, 0.25) is 0 Å². The van der Waals surface area contributed by atoms with Gasteiger partial charge in [-0.15, -0.1) is 22.6 Å². The Balaban J connectivity index is 0.00000121. The van der Waals surface area contributed by atoms with Crippen molar-refractivity contribution in [3.8, 4) is 0 Å². The van der Waals surface area contributed by atoms with Crippen LogP contribution in [0.25, 0.3) is 0 Å². The minimum absolute atomic E-state index is 0. The van der Waals surface area contributed by atoms with Crippen molar-refractivity contribution in [3.05, 3.63) is 5.82 Å². The van der Waals surface area contributed by atoms with Crippen LogP contribution in [0.3, 0.4) is 0 Å². The number of halogens is 1. The number of hydrogen-bond acceptors (Lipinski definition) is 5. The normalized spacial score (nSPS) is 9.67. The topological polar surface area (TPSA) is 94.8 Å². The maximum Gasteiger partial charge on any atom is 0.257 e. The van der Waals surface area contributed by atoms with Crippen LogP contribution < -0.4 is 17.1 Å². The first kappa shape index (κ1) is 11.0. The van der Waals surface area contributed by atoms with Gasteiger partial charge in [0.15, 0.2) is 5.82 Å². The summed E-state index contributed by atoms with van der Waals surface area (Å²) < 4.78 is 1.34. The first-order valence-corrected chi connectivity index (χ1v) is 3.33. The van der Waals surface area contributed by atoms with Gasteiger partial charge in [-0.2, -0.15) is 0 Å². The predicted molar refractivity (Wildman–Crippen MR) is 49.3 cm³/mol. The number of nitrogen functional groups attached to an aromatic ring is 2. The molecule has 0 aliphatic heterocycles. The van der Waals surface area contributed by atoms with Crippen molar-refractivity contribution in [2.45, 2.75) is 19.8 Å². The molecule has 0 spiro atoms. The zero-order valence-corrected chi connectivity index (χ0v) is 7.80. The summed E-state index contributed by atoms with van der Waals surface area (Å²) in [6.07, 6.45) is 0. The van der Waals surface area contributed by atoms with Crippen LogP contribution in [-0.2, 0) is 0 Å². The Hall–Kier alpha value is -1.01. The van der Waals surface area contributed by atoms with Crippen molar-refractivity contribution in [1.29, 1.82) is 0 Å². The first-order valence-electron chi connectivity index (χ1n) is 3.33. The average Bonchev–Trinajstić information content (AvgIpc) is 2.30. The Kier molecular flexibility index (Phi) is 3.78. The van der Waals surface area contributed by atoms with E-state index in [0.717, 1.165) is 0 Å². The van der Waals surface area contributed by atoms with Crippen LogP contribution in [0.4, 0.5) is 5.95 Å². The van der Waals surface area contributed by atoms with E-state index in [9.17, 15) is 0 Å². The monoisotopic (exact) mass is 192 g/mol. The zero-order valence-electron chi connectivity index (χ0n) is 6.98. The predicted octanol–water partition coefficient (Wildman–Crippen LogP) is -0.177. The summed E-state index contributed by atoms with van der Waals surface area (Å²) in [6.45, 7) is 3.96. The fourth-order valence-electron chi connectivity index (χ4n) is 0.796. The van der Waals surface area contributed by atoms with Gasteiger partial charge in [-0.1, -0.05) is 13.8 Å². The minimum Gasteiger partial charge on any atom is -0.335 e. The fourth-order valence-corrected chi connectivity index (χ4v) is 0.796. The largest absolute Gasteiger partial charge is 0.335 e. The molecule has 7 heteroatoms. The van der Waals surface area contributed by atoms with Gasteiger partial charge in [0, 0.05) is 5.92 Å². The molecule has 0 amide bonds. The molecule has 0 unspecified atom stereocenters. The summed E-state index contributed by atoms with van der Waals surface area (Å²) >= 11 is 0. The van der Waals surface area contributed by atoms with E-state index in [2.05, 4.69) is 15.6 Å². The lowest BCUT2D eigenvalue weighted by atomic mass is 10.2. The van der Waals surface area contributed by atoms with Crippen LogP contribution in [0.1, 0.15) is 25.6 Å². The molecule has 0 radical (unpaired) electrons. The number of anilines is 1. The third kappa shape index (κ3) is 1.77. The van der Waals surface area contributed by atoms with E-state index in [1.807, 2.05) is 13.8 Å². The van der Waals surface area contributed by atoms with Gasteiger partial charge in [0.2, 0.25) is 0 Å². The number of hydrazine groups is 1. The molecule has 5 N–H and O–H groups in total. The van der Waals surface area contributed by atoms with Gasteiger partial charge < -0.3 is 5.84 Å². The third-order valence-corrected chi connectivity index (χ3v) is 1.37. The molecule has 0 saturated heterocycles. The van der Waals surface area contributed by atoms with E-state index >= 15 is 0 Å². The number of aromatic nitrogens is 3. The number of nitrogens with one attached hydrogen (secondary N) is 1. The molecule has 0 atom stereocenters. The molecule has 0 aliphatic rings. The molecule has 0 saturated carbocycles. The molecule has 1 aromatic rings. The Labute approximate surface area is 76.7 Å². The fraction of sp³-hybridized carbons (Fsp3) is 0.600. The van der Waals surface area contributed by atoms with Gasteiger partial charge in [-0.25, -0.2) is 10.5 Å². The standard InChI is InChI=1S/C5H12N6.ClH/c1-3(2)4-9-10-5(8-6)11(4)7;/h3H,6-7H2,1-2H3,(H,8,10);1H. The molecule has 12 heavy (non-hydrogen) atoms. The SMILES string of the molecule is CC(C)c1nnc(NN)n1N.Cl. The summed E-state index contributed by atoms with van der Waals surface area (Å²) in [4.78, 5) is 0. The van der Waals surface area contributed by atoms with Crippen molar-refractivity contribution in [1.82, 2.24) is 14.9 Å². The summed E-state index contributed by atoms with van der Waals surface area (Å²) in [5, 5.41) is 7.54. The van der Waals surface area contributed by atoms with Gasteiger partial charge in [0.25, 0.3) is 5.95 Å². The van der Waals surface area contributed by atoms with Gasteiger partial charge in [-0.05, 0) is 0 Å². The highest BCUT2D eigenvalue weighted by Crippen LogP contribution is 2.11. The maximum absolute atomic E-state index is 5.56. The Morgan fingerprint density at radius 2 is 2.00 bits per heavy atom. The van der Waals surface area contributed by atoms with E-state index in [-0.39, 0.29) is 18.3 Å². The van der Waals surface area contributed by atoms with Gasteiger partial charge in [0.05, 0.1) is 0 Å². The van der Waals surface area contributed by atoms with Gasteiger partial charge in [-0.3, -0.25) is 5.43 Å². The van der Waals surface area contributed by atoms with Crippen molar-refractivity contribution in [2.75, 3.05) is 11.3 Å².